The van der Waals surface area contributed by atoms with Crippen LogP contribution in [0.3, 0.4) is 0 Å². The fraction of sp³-hybridized carbons (Fsp3) is 0.316. The molecule has 4 nitrogen and oxygen atoms in total. The Balaban J connectivity index is 2.01. The zero-order valence-corrected chi connectivity index (χ0v) is 13.6. The van der Waals surface area contributed by atoms with E-state index in [0.717, 1.165) is 41.7 Å². The van der Waals surface area contributed by atoms with Gasteiger partial charge < -0.3 is 14.6 Å². The van der Waals surface area contributed by atoms with E-state index < -0.39 is 0 Å². The molecule has 0 radical (unpaired) electrons. The fourth-order valence-electron chi connectivity index (χ4n) is 2.95. The van der Waals surface area contributed by atoms with Gasteiger partial charge in [0, 0.05) is 22.7 Å². The molecule has 0 spiro atoms. The first-order chi connectivity index (χ1) is 11.2. The molecule has 0 bridgehead atoms. The third-order valence-electron chi connectivity index (χ3n) is 4.27. The minimum atomic E-state index is -0.0617. The first-order valence-corrected chi connectivity index (χ1v) is 8.13. The number of nitrogens with one attached hydrogen (secondary N) is 1. The van der Waals surface area contributed by atoms with Gasteiger partial charge in [-0.3, -0.25) is 4.79 Å². The number of likely N-dealkylation sites (N-methyl/N-ethyl adjacent to an activating group) is 1. The molecule has 23 heavy (non-hydrogen) atoms. The number of hydrogen-bond donors (Lipinski definition) is 1. The van der Waals surface area contributed by atoms with Gasteiger partial charge in [-0.15, -0.1) is 0 Å². The van der Waals surface area contributed by atoms with E-state index >= 15 is 0 Å². The molecule has 120 valence electrons. The Morgan fingerprint density at radius 1 is 1.00 bits per heavy atom. The van der Waals surface area contributed by atoms with Crippen LogP contribution in [0, 0.1) is 0 Å². The van der Waals surface area contributed by atoms with Crippen molar-refractivity contribution in [1.82, 2.24) is 9.88 Å². The first kappa shape index (κ1) is 15.6. The van der Waals surface area contributed by atoms with Gasteiger partial charge in [0.15, 0.2) is 0 Å². The summed E-state index contributed by atoms with van der Waals surface area (Å²) >= 11 is 0. The summed E-state index contributed by atoms with van der Waals surface area (Å²) in [7, 11) is 0. The van der Waals surface area contributed by atoms with Crippen LogP contribution >= 0.6 is 0 Å². The smallest absolute Gasteiger partial charge is 0.256 e. The SMILES string of the molecule is CCN(CC)CCOc1cccc2[nH]c(=O)c3ccccc3c12. The van der Waals surface area contributed by atoms with Crippen LogP contribution in [-0.2, 0) is 0 Å². The Bertz CT molecular complexity index is 866. The van der Waals surface area contributed by atoms with E-state index in [1.807, 2.05) is 42.5 Å². The average Bonchev–Trinajstić information content (AvgIpc) is 2.59. The highest BCUT2D eigenvalue weighted by Gasteiger charge is 2.10. The first-order valence-electron chi connectivity index (χ1n) is 8.13. The number of H-pyrrole nitrogens is 1. The Morgan fingerprint density at radius 3 is 2.48 bits per heavy atom. The van der Waals surface area contributed by atoms with Crippen molar-refractivity contribution in [2.24, 2.45) is 0 Å². The van der Waals surface area contributed by atoms with Gasteiger partial charge in [-0.25, -0.2) is 0 Å². The van der Waals surface area contributed by atoms with Gasteiger partial charge in [0.05, 0.1) is 5.52 Å². The standard InChI is InChI=1S/C19H22N2O2/c1-3-21(4-2)12-13-23-17-11-7-10-16-18(17)14-8-5-6-9-15(14)19(22)20-16/h5-11H,3-4,12-13H2,1-2H3,(H,20,22). The minimum Gasteiger partial charge on any atom is -0.492 e. The topological polar surface area (TPSA) is 45.3 Å². The van der Waals surface area contributed by atoms with E-state index in [9.17, 15) is 4.79 Å². The Kier molecular flexibility index (Phi) is 4.63. The number of pyridine rings is 1. The highest BCUT2D eigenvalue weighted by atomic mass is 16.5. The maximum atomic E-state index is 12.2. The number of fused-ring (bicyclic) bond motifs is 3. The summed E-state index contributed by atoms with van der Waals surface area (Å²) in [5, 5.41) is 2.60. The molecule has 0 aliphatic heterocycles. The summed E-state index contributed by atoms with van der Waals surface area (Å²) in [4.78, 5) is 17.5. The summed E-state index contributed by atoms with van der Waals surface area (Å²) in [6, 6.07) is 13.5. The zero-order chi connectivity index (χ0) is 16.2. The molecule has 1 heterocycles. The highest BCUT2D eigenvalue weighted by Crippen LogP contribution is 2.29. The summed E-state index contributed by atoms with van der Waals surface area (Å²) < 4.78 is 6.04. The summed E-state index contributed by atoms with van der Waals surface area (Å²) in [6.07, 6.45) is 0. The quantitative estimate of drug-likeness (QED) is 0.710. The number of ether oxygens (including phenoxy) is 1. The van der Waals surface area contributed by atoms with Crippen molar-refractivity contribution in [3.05, 3.63) is 52.8 Å². The second-order valence-electron chi connectivity index (χ2n) is 5.55. The van der Waals surface area contributed by atoms with E-state index in [4.69, 9.17) is 4.74 Å². The molecule has 1 aromatic heterocycles. The van der Waals surface area contributed by atoms with Crippen molar-refractivity contribution in [2.45, 2.75) is 13.8 Å². The van der Waals surface area contributed by atoms with Gasteiger partial charge >= 0.3 is 0 Å². The van der Waals surface area contributed by atoms with Crippen molar-refractivity contribution in [2.75, 3.05) is 26.2 Å². The van der Waals surface area contributed by atoms with E-state index in [1.165, 1.54) is 0 Å². The number of benzene rings is 2. The van der Waals surface area contributed by atoms with Gasteiger partial charge in [-0.2, -0.15) is 0 Å². The zero-order valence-electron chi connectivity index (χ0n) is 13.6. The van der Waals surface area contributed by atoms with Crippen LogP contribution in [0.2, 0.25) is 0 Å². The van der Waals surface area contributed by atoms with Gasteiger partial charge in [-0.05, 0) is 31.3 Å². The van der Waals surface area contributed by atoms with Crippen molar-refractivity contribution < 1.29 is 4.74 Å². The van der Waals surface area contributed by atoms with E-state index in [-0.39, 0.29) is 5.56 Å². The number of aromatic amines is 1. The van der Waals surface area contributed by atoms with E-state index in [1.54, 1.807) is 0 Å². The molecule has 3 aromatic rings. The van der Waals surface area contributed by atoms with E-state index in [0.29, 0.717) is 12.0 Å². The fourth-order valence-corrected chi connectivity index (χ4v) is 2.95. The lowest BCUT2D eigenvalue weighted by atomic mass is 10.1. The molecule has 0 amide bonds. The van der Waals surface area contributed by atoms with Crippen LogP contribution in [0.15, 0.2) is 47.3 Å². The van der Waals surface area contributed by atoms with Crippen LogP contribution in [0.4, 0.5) is 0 Å². The molecular formula is C19H22N2O2. The molecule has 0 saturated heterocycles. The van der Waals surface area contributed by atoms with Gasteiger partial charge in [0.25, 0.3) is 5.56 Å². The van der Waals surface area contributed by atoms with Crippen LogP contribution in [-0.4, -0.2) is 36.1 Å². The third kappa shape index (κ3) is 3.08. The van der Waals surface area contributed by atoms with Gasteiger partial charge in [-0.1, -0.05) is 38.1 Å². The predicted octanol–water partition coefficient (Wildman–Crippen LogP) is 3.40. The largest absolute Gasteiger partial charge is 0.492 e. The average molecular weight is 310 g/mol. The molecular weight excluding hydrogens is 288 g/mol. The highest BCUT2D eigenvalue weighted by molar-refractivity contribution is 6.08. The van der Waals surface area contributed by atoms with Crippen LogP contribution in [0.1, 0.15) is 13.8 Å². The second kappa shape index (κ2) is 6.84. The summed E-state index contributed by atoms with van der Waals surface area (Å²) in [6.45, 7) is 7.87. The Morgan fingerprint density at radius 2 is 1.74 bits per heavy atom. The summed E-state index contributed by atoms with van der Waals surface area (Å²) in [5.74, 6) is 0.821. The maximum absolute atomic E-state index is 12.2. The van der Waals surface area contributed by atoms with Crippen molar-refractivity contribution in [3.63, 3.8) is 0 Å². The molecule has 0 aliphatic carbocycles. The lowest BCUT2D eigenvalue weighted by Crippen LogP contribution is -2.27. The van der Waals surface area contributed by atoms with Crippen LogP contribution < -0.4 is 10.3 Å². The predicted molar refractivity (Wildman–Crippen MR) is 95.4 cm³/mol. The molecule has 4 heteroatoms. The number of hydrogen-bond acceptors (Lipinski definition) is 3. The maximum Gasteiger partial charge on any atom is 0.256 e. The lowest BCUT2D eigenvalue weighted by Gasteiger charge is -2.18. The van der Waals surface area contributed by atoms with Crippen LogP contribution in [0.25, 0.3) is 21.7 Å². The van der Waals surface area contributed by atoms with Crippen molar-refractivity contribution in [3.8, 4) is 5.75 Å². The molecule has 0 saturated carbocycles. The monoisotopic (exact) mass is 310 g/mol. The molecule has 0 aliphatic rings. The Hall–Kier alpha value is -2.33. The molecule has 3 rings (SSSR count). The number of aromatic nitrogens is 1. The van der Waals surface area contributed by atoms with Gasteiger partial charge in [0.1, 0.15) is 12.4 Å². The molecule has 0 atom stereocenters. The third-order valence-corrected chi connectivity index (χ3v) is 4.27. The van der Waals surface area contributed by atoms with Crippen molar-refractivity contribution >= 4 is 21.7 Å². The van der Waals surface area contributed by atoms with Crippen molar-refractivity contribution in [1.29, 1.82) is 0 Å². The van der Waals surface area contributed by atoms with Gasteiger partial charge in [0.2, 0.25) is 0 Å². The molecule has 0 unspecified atom stereocenters. The van der Waals surface area contributed by atoms with Crippen LogP contribution in [0.5, 0.6) is 5.75 Å². The minimum absolute atomic E-state index is 0.0617. The normalized spacial score (nSPS) is 11.4. The molecule has 0 fully saturated rings. The second-order valence-corrected chi connectivity index (χ2v) is 5.55. The lowest BCUT2D eigenvalue weighted by molar-refractivity contribution is 0.224. The Labute approximate surface area is 135 Å². The number of rotatable bonds is 6. The molecule has 2 aromatic carbocycles. The molecule has 1 N–H and O–H groups in total. The van der Waals surface area contributed by atoms with E-state index in [2.05, 4.69) is 23.7 Å². The summed E-state index contributed by atoms with van der Waals surface area (Å²) in [5.41, 5.74) is 0.752. The number of nitrogens with zero attached hydrogens (tertiary/aromatic N) is 1.